The number of carbonyl (C=O) groups excluding carboxylic acids is 1. The summed E-state index contributed by atoms with van der Waals surface area (Å²) in [7, 11) is 0. The molecule has 0 aromatic heterocycles. The van der Waals surface area contributed by atoms with Crippen molar-refractivity contribution in [2.45, 2.75) is 31.9 Å². The van der Waals surface area contributed by atoms with E-state index in [9.17, 15) is 18.0 Å². The fourth-order valence-electron chi connectivity index (χ4n) is 2.62. The molecule has 8 heteroatoms. The van der Waals surface area contributed by atoms with Gasteiger partial charge in [-0.3, -0.25) is 5.32 Å². The molecule has 5 nitrogen and oxygen atoms in total. The first-order valence-electron chi connectivity index (χ1n) is 7.41. The molecule has 2 amide bonds. The minimum atomic E-state index is -4.93. The number of ether oxygens (including phenoxy) is 2. The first kappa shape index (κ1) is 15.8. The van der Waals surface area contributed by atoms with Crippen LogP contribution in [0.1, 0.15) is 19.8 Å². The number of urea groups is 1. The van der Waals surface area contributed by atoms with Crippen molar-refractivity contribution in [3.8, 4) is 11.5 Å². The topological polar surface area (TPSA) is 50.8 Å². The zero-order valence-corrected chi connectivity index (χ0v) is 12.5. The van der Waals surface area contributed by atoms with Gasteiger partial charge in [0.15, 0.2) is 11.5 Å². The minimum absolute atomic E-state index is 0.0580. The number of halogens is 3. The zero-order chi connectivity index (χ0) is 16.7. The third-order valence-corrected chi connectivity index (χ3v) is 4.07. The lowest BCUT2D eigenvalue weighted by molar-refractivity contribution is -0.318. The van der Waals surface area contributed by atoms with Gasteiger partial charge in [-0.25, -0.2) is 4.79 Å². The van der Waals surface area contributed by atoms with Crippen molar-refractivity contribution in [1.29, 1.82) is 0 Å². The molecule has 3 rings (SSSR count). The number of hydrogen-bond acceptors (Lipinski definition) is 3. The second-order valence-corrected chi connectivity index (χ2v) is 5.86. The van der Waals surface area contributed by atoms with Gasteiger partial charge in [0.25, 0.3) is 0 Å². The number of likely N-dealkylation sites (tertiary alicyclic amines) is 1. The van der Waals surface area contributed by atoms with Crippen LogP contribution in [0.15, 0.2) is 24.3 Å². The number of fused-ring (bicyclic) bond motifs is 1. The predicted octanol–water partition coefficient (Wildman–Crippen LogP) is 3.12. The van der Waals surface area contributed by atoms with E-state index in [0.29, 0.717) is 19.0 Å². The first-order chi connectivity index (χ1) is 10.8. The smallest absolute Gasteiger partial charge is 0.424 e. The molecule has 0 bridgehead atoms. The van der Waals surface area contributed by atoms with Crippen LogP contribution in [0.25, 0.3) is 0 Å². The van der Waals surface area contributed by atoms with Gasteiger partial charge in [-0.05, 0) is 30.9 Å². The van der Waals surface area contributed by atoms with E-state index in [2.05, 4.69) is 0 Å². The maximum absolute atomic E-state index is 13.5. The maximum atomic E-state index is 13.5. The molecule has 1 aromatic rings. The van der Waals surface area contributed by atoms with Crippen LogP contribution in [-0.4, -0.2) is 36.1 Å². The van der Waals surface area contributed by atoms with Gasteiger partial charge in [0.1, 0.15) is 0 Å². The molecule has 0 spiro atoms. The second-order valence-electron chi connectivity index (χ2n) is 5.86. The lowest BCUT2D eigenvalue weighted by Gasteiger charge is -2.35. The maximum Gasteiger partial charge on any atom is 0.492 e. The number of rotatable bonds is 1. The van der Waals surface area contributed by atoms with Gasteiger partial charge in [0.05, 0.1) is 0 Å². The van der Waals surface area contributed by atoms with E-state index < -0.39 is 18.1 Å². The zero-order valence-electron chi connectivity index (χ0n) is 12.5. The van der Waals surface area contributed by atoms with Crippen molar-refractivity contribution in [2.24, 2.45) is 5.92 Å². The molecule has 1 saturated heterocycles. The normalized spacial score (nSPS) is 20.4. The van der Waals surface area contributed by atoms with Crippen LogP contribution in [0.4, 0.5) is 18.0 Å². The minimum Gasteiger partial charge on any atom is -0.424 e. The van der Waals surface area contributed by atoms with E-state index >= 15 is 0 Å². The number of para-hydroxylation sites is 2. The summed E-state index contributed by atoms with van der Waals surface area (Å²) in [5.41, 5.74) is 0. The molecule has 0 atom stereocenters. The average molecular weight is 330 g/mol. The highest BCUT2D eigenvalue weighted by Crippen LogP contribution is 2.45. The van der Waals surface area contributed by atoms with E-state index in [1.165, 1.54) is 29.2 Å². The van der Waals surface area contributed by atoms with Crippen LogP contribution >= 0.6 is 0 Å². The van der Waals surface area contributed by atoms with Gasteiger partial charge in [-0.1, -0.05) is 19.1 Å². The van der Waals surface area contributed by atoms with Crippen LogP contribution in [0.2, 0.25) is 0 Å². The summed E-state index contributed by atoms with van der Waals surface area (Å²) in [4.78, 5) is 13.6. The van der Waals surface area contributed by atoms with Gasteiger partial charge in [-0.15, -0.1) is 0 Å². The number of carbonyl (C=O) groups is 1. The lowest BCUT2D eigenvalue weighted by atomic mass is 10.00. The number of alkyl halides is 3. The van der Waals surface area contributed by atoms with Gasteiger partial charge in [0, 0.05) is 13.1 Å². The molecule has 0 radical (unpaired) electrons. The Morgan fingerprint density at radius 3 is 2.22 bits per heavy atom. The third kappa shape index (κ3) is 2.89. The molecule has 1 fully saturated rings. The Morgan fingerprint density at radius 1 is 1.22 bits per heavy atom. The number of amides is 2. The number of hydrogen-bond donors (Lipinski definition) is 1. The predicted molar refractivity (Wildman–Crippen MR) is 75.0 cm³/mol. The molecule has 2 aliphatic heterocycles. The van der Waals surface area contributed by atoms with Crippen LogP contribution in [0.3, 0.4) is 0 Å². The number of nitrogens with zero attached hydrogens (tertiary/aromatic N) is 1. The van der Waals surface area contributed by atoms with Crippen molar-refractivity contribution in [2.75, 3.05) is 13.1 Å². The van der Waals surface area contributed by atoms with Gasteiger partial charge in [0.2, 0.25) is 0 Å². The number of piperidine rings is 1. The standard InChI is InChI=1S/C15H17F3N2O3/c1-10-6-8-20(9-7-10)13(21)19-15(14(16,17)18)22-11-4-2-3-5-12(11)23-15/h2-5,10H,6-9H2,1H3,(H,19,21). The molecular weight excluding hydrogens is 313 g/mol. The van der Waals surface area contributed by atoms with Crippen LogP contribution < -0.4 is 14.8 Å². The molecule has 0 aliphatic carbocycles. The first-order valence-corrected chi connectivity index (χ1v) is 7.41. The Morgan fingerprint density at radius 2 is 1.74 bits per heavy atom. The van der Waals surface area contributed by atoms with Crippen LogP contribution in [0, 0.1) is 5.92 Å². The molecule has 23 heavy (non-hydrogen) atoms. The molecule has 0 unspecified atom stereocenters. The summed E-state index contributed by atoms with van der Waals surface area (Å²) in [6.07, 6.45) is -3.41. The quantitative estimate of drug-likeness (QED) is 0.861. The average Bonchev–Trinajstić information content (AvgIpc) is 2.86. The molecule has 0 saturated carbocycles. The van der Waals surface area contributed by atoms with Crippen LogP contribution in [-0.2, 0) is 0 Å². The van der Waals surface area contributed by atoms with Crippen molar-refractivity contribution < 1.29 is 27.4 Å². The highest BCUT2D eigenvalue weighted by atomic mass is 19.4. The summed E-state index contributed by atoms with van der Waals surface area (Å²) >= 11 is 0. The molecule has 2 heterocycles. The molecule has 1 aromatic carbocycles. The van der Waals surface area contributed by atoms with Gasteiger partial charge in [-0.2, -0.15) is 13.2 Å². The number of nitrogens with one attached hydrogen (secondary N) is 1. The van der Waals surface area contributed by atoms with Crippen molar-refractivity contribution >= 4 is 6.03 Å². The Kier molecular flexibility index (Phi) is 3.77. The summed E-state index contributed by atoms with van der Waals surface area (Å²) in [5.74, 6) is -2.84. The van der Waals surface area contributed by atoms with Crippen molar-refractivity contribution in [3.05, 3.63) is 24.3 Å². The van der Waals surface area contributed by atoms with Gasteiger partial charge >= 0.3 is 18.1 Å². The molecule has 2 aliphatic rings. The fraction of sp³-hybridized carbons (Fsp3) is 0.533. The van der Waals surface area contributed by atoms with Crippen LogP contribution in [0.5, 0.6) is 11.5 Å². The monoisotopic (exact) mass is 330 g/mol. The summed E-state index contributed by atoms with van der Waals surface area (Å²) < 4.78 is 50.3. The summed E-state index contributed by atoms with van der Waals surface area (Å²) in [5, 5.41) is 1.88. The second kappa shape index (κ2) is 5.50. The van der Waals surface area contributed by atoms with E-state index in [-0.39, 0.29) is 11.5 Å². The van der Waals surface area contributed by atoms with Crippen molar-refractivity contribution in [3.63, 3.8) is 0 Å². The molecular formula is C15H17F3N2O3. The Balaban J connectivity index is 1.78. The van der Waals surface area contributed by atoms with E-state index in [0.717, 1.165) is 12.8 Å². The molecule has 1 N–H and O–H groups in total. The molecule has 126 valence electrons. The third-order valence-electron chi connectivity index (χ3n) is 4.07. The summed E-state index contributed by atoms with van der Waals surface area (Å²) in [6.45, 7) is 2.87. The Hall–Kier alpha value is -2.12. The SMILES string of the molecule is CC1CCN(C(=O)NC2(C(F)(F)F)Oc3ccccc3O2)CC1. The van der Waals surface area contributed by atoms with E-state index in [1.54, 1.807) is 0 Å². The highest BCUT2D eigenvalue weighted by molar-refractivity contribution is 5.75. The van der Waals surface area contributed by atoms with E-state index in [1.807, 2.05) is 12.2 Å². The fourth-order valence-corrected chi connectivity index (χ4v) is 2.62. The van der Waals surface area contributed by atoms with E-state index in [4.69, 9.17) is 9.47 Å². The largest absolute Gasteiger partial charge is 0.492 e. The summed E-state index contributed by atoms with van der Waals surface area (Å²) in [6, 6.07) is 4.93. The van der Waals surface area contributed by atoms with Crippen molar-refractivity contribution in [1.82, 2.24) is 10.2 Å². The Bertz CT molecular complexity index is 573. The van der Waals surface area contributed by atoms with Gasteiger partial charge < -0.3 is 14.4 Å². The lowest BCUT2D eigenvalue weighted by Crippen LogP contribution is -2.67. The Labute approximate surface area is 131 Å². The highest BCUT2D eigenvalue weighted by Gasteiger charge is 2.66. The number of benzene rings is 1.